The maximum Gasteiger partial charge on any atom is 0.414 e. The number of nitrogens with one attached hydrogen (secondary N) is 2. The smallest absolute Gasteiger partial charge is 0.414 e. The van der Waals surface area contributed by atoms with Crippen LogP contribution in [0.4, 0.5) is 4.79 Å². The van der Waals surface area contributed by atoms with Gasteiger partial charge in [-0.2, -0.15) is 0 Å². The number of carbonyl (C=O) groups excluding carboxylic acids is 1. The number of carbonyl (C=O) groups is 1. The highest BCUT2D eigenvalue weighted by molar-refractivity contribution is 7.90. The molecule has 2 N–H and O–H groups in total. The quantitative estimate of drug-likeness (QED) is 0.173. The molecule has 0 aromatic heterocycles. The lowest BCUT2D eigenvalue weighted by atomic mass is 9.93. The Morgan fingerprint density at radius 2 is 1.37 bits per heavy atom. The Kier molecular flexibility index (Phi) is 9.38. The molecule has 0 heterocycles. The van der Waals surface area contributed by atoms with Gasteiger partial charge in [-0.3, -0.25) is 5.32 Å². The summed E-state index contributed by atoms with van der Waals surface area (Å²) in [4.78, 5) is 17.0. The molecule has 1 amide bonds. The summed E-state index contributed by atoms with van der Waals surface area (Å²) in [6, 6.07) is 28.6. The van der Waals surface area contributed by atoms with Crippen molar-refractivity contribution in [1.29, 1.82) is 0 Å². The van der Waals surface area contributed by atoms with Crippen LogP contribution in [0.3, 0.4) is 0 Å². The number of hydrogen-bond acceptors (Lipinski definition) is 5. The van der Waals surface area contributed by atoms with Crippen LogP contribution in [0, 0.1) is 0 Å². The number of ether oxygens (including phenoxy) is 1. The Bertz CT molecular complexity index is 1650. The number of benzene rings is 4. The minimum atomic E-state index is -4.03. The van der Waals surface area contributed by atoms with Gasteiger partial charge in [-0.1, -0.05) is 77.8 Å². The van der Waals surface area contributed by atoms with Crippen LogP contribution in [0.2, 0.25) is 10.0 Å². The van der Waals surface area contributed by atoms with E-state index in [4.69, 9.17) is 27.9 Å². The first-order valence-electron chi connectivity index (χ1n) is 12.7. The highest BCUT2D eigenvalue weighted by atomic mass is 35.5. The topological polar surface area (TPSA) is 96.9 Å². The molecule has 0 aliphatic heterocycles. The molecule has 10 heteroatoms. The van der Waals surface area contributed by atoms with Crippen LogP contribution >= 0.6 is 23.2 Å². The third-order valence-electron chi connectivity index (χ3n) is 5.72. The second-order valence-electron chi connectivity index (χ2n) is 10.1. The van der Waals surface area contributed by atoms with Crippen LogP contribution in [-0.2, 0) is 21.3 Å². The van der Waals surface area contributed by atoms with Gasteiger partial charge < -0.3 is 4.74 Å². The molecule has 0 unspecified atom stereocenters. The Labute approximate surface area is 250 Å². The molecular weight excluding hydrogens is 581 g/mol. The molecule has 7 nitrogen and oxygen atoms in total. The van der Waals surface area contributed by atoms with E-state index in [1.165, 1.54) is 12.1 Å². The fraction of sp³-hybridized carbons (Fsp3) is 0.161. The van der Waals surface area contributed by atoms with Gasteiger partial charge in [0.2, 0.25) is 5.96 Å². The molecule has 0 bridgehead atoms. The zero-order valence-electron chi connectivity index (χ0n) is 22.7. The monoisotopic (exact) mass is 609 g/mol. The standard InChI is InChI=1S/C31H29Cl2N3O4S/c1-31(2,3)40-30(37)35-29(36-41(38,39)26-7-5-4-6-8-26)34-20-21-9-18-27(22-10-14-24(32)15-11-22)28(19-21)23-12-16-25(33)17-13-23/h4-19H,20H2,1-3H3,(H2,34,35,36,37). The van der Waals surface area contributed by atoms with E-state index in [9.17, 15) is 13.2 Å². The fourth-order valence-electron chi connectivity index (χ4n) is 3.89. The van der Waals surface area contributed by atoms with Gasteiger partial charge in [0.1, 0.15) is 5.60 Å². The third kappa shape index (κ3) is 8.57. The van der Waals surface area contributed by atoms with E-state index < -0.39 is 21.7 Å². The second-order valence-corrected chi connectivity index (χ2v) is 12.7. The number of hydrogen-bond donors (Lipinski definition) is 2. The lowest BCUT2D eigenvalue weighted by Gasteiger charge is -2.20. The van der Waals surface area contributed by atoms with Crippen molar-refractivity contribution in [3.8, 4) is 22.3 Å². The summed E-state index contributed by atoms with van der Waals surface area (Å²) < 4.78 is 33.7. The number of alkyl carbamates (subject to hydrolysis) is 1. The minimum absolute atomic E-state index is 0.0241. The molecule has 4 aromatic carbocycles. The first-order valence-corrected chi connectivity index (χ1v) is 14.9. The van der Waals surface area contributed by atoms with E-state index in [1.807, 2.05) is 66.7 Å². The van der Waals surface area contributed by atoms with Crippen molar-refractivity contribution in [2.45, 2.75) is 37.8 Å². The van der Waals surface area contributed by atoms with Crippen LogP contribution in [0.25, 0.3) is 22.3 Å². The van der Waals surface area contributed by atoms with Crippen LogP contribution < -0.4 is 10.0 Å². The van der Waals surface area contributed by atoms with Crippen LogP contribution in [0.1, 0.15) is 26.3 Å². The molecule has 0 spiro atoms. The molecule has 0 radical (unpaired) electrons. The summed E-state index contributed by atoms with van der Waals surface area (Å²) in [5.74, 6) is -0.266. The van der Waals surface area contributed by atoms with Crippen molar-refractivity contribution >= 4 is 45.3 Å². The lowest BCUT2D eigenvalue weighted by molar-refractivity contribution is 0.0562. The number of aliphatic imine (C=N–C) groups is 1. The van der Waals surface area contributed by atoms with Gasteiger partial charge in [-0.25, -0.2) is 22.9 Å². The van der Waals surface area contributed by atoms with Crippen molar-refractivity contribution in [2.75, 3.05) is 0 Å². The van der Waals surface area contributed by atoms with Crippen molar-refractivity contribution < 1.29 is 17.9 Å². The normalized spacial score (nSPS) is 12.1. The van der Waals surface area contributed by atoms with Gasteiger partial charge in [0.25, 0.3) is 10.0 Å². The maximum absolute atomic E-state index is 13.0. The summed E-state index contributed by atoms with van der Waals surface area (Å²) in [7, 11) is -4.03. The Balaban J connectivity index is 1.70. The van der Waals surface area contributed by atoms with E-state index in [0.29, 0.717) is 10.0 Å². The number of halogens is 2. The summed E-state index contributed by atoms with van der Waals surface area (Å²) in [5.41, 5.74) is 3.77. The largest absolute Gasteiger partial charge is 0.444 e. The summed E-state index contributed by atoms with van der Waals surface area (Å²) in [5, 5.41) is 3.69. The second kappa shape index (κ2) is 12.8. The van der Waals surface area contributed by atoms with Crippen LogP contribution in [-0.4, -0.2) is 26.1 Å². The summed E-state index contributed by atoms with van der Waals surface area (Å²) in [6.07, 6.45) is -0.841. The van der Waals surface area contributed by atoms with E-state index >= 15 is 0 Å². The molecule has 0 saturated carbocycles. The maximum atomic E-state index is 13.0. The summed E-state index contributed by atoms with van der Waals surface area (Å²) in [6.45, 7) is 5.18. The van der Waals surface area contributed by atoms with Gasteiger partial charge >= 0.3 is 6.09 Å². The molecule has 41 heavy (non-hydrogen) atoms. The molecular formula is C31H29Cl2N3O4S. The van der Waals surface area contributed by atoms with Crippen LogP contribution in [0.5, 0.6) is 0 Å². The molecule has 4 aromatic rings. The van der Waals surface area contributed by atoms with Crippen molar-refractivity contribution in [1.82, 2.24) is 10.0 Å². The Hall–Kier alpha value is -3.85. The van der Waals surface area contributed by atoms with Crippen LogP contribution in [0.15, 0.2) is 107 Å². The predicted molar refractivity (Wildman–Crippen MR) is 165 cm³/mol. The van der Waals surface area contributed by atoms with Gasteiger partial charge in [-0.15, -0.1) is 0 Å². The molecule has 0 aliphatic carbocycles. The first kappa shape index (κ1) is 30.1. The molecule has 0 fully saturated rings. The highest BCUT2D eigenvalue weighted by Gasteiger charge is 2.21. The van der Waals surface area contributed by atoms with E-state index in [2.05, 4.69) is 15.0 Å². The number of guanidine groups is 1. The highest BCUT2D eigenvalue weighted by Crippen LogP contribution is 2.34. The molecule has 0 atom stereocenters. The molecule has 212 valence electrons. The fourth-order valence-corrected chi connectivity index (χ4v) is 5.15. The van der Waals surface area contributed by atoms with Gasteiger partial charge in [-0.05, 0) is 91.1 Å². The molecule has 4 rings (SSSR count). The summed E-state index contributed by atoms with van der Waals surface area (Å²) >= 11 is 12.2. The zero-order chi connectivity index (χ0) is 29.6. The van der Waals surface area contributed by atoms with E-state index in [-0.39, 0.29) is 17.4 Å². The third-order valence-corrected chi connectivity index (χ3v) is 7.58. The number of amides is 1. The van der Waals surface area contributed by atoms with Crippen molar-refractivity contribution in [3.05, 3.63) is 113 Å². The molecule has 0 saturated heterocycles. The Morgan fingerprint density at radius 1 is 0.805 bits per heavy atom. The van der Waals surface area contributed by atoms with E-state index in [0.717, 1.165) is 27.8 Å². The van der Waals surface area contributed by atoms with Crippen molar-refractivity contribution in [3.63, 3.8) is 0 Å². The Morgan fingerprint density at radius 3 is 1.93 bits per heavy atom. The average Bonchev–Trinajstić information content (AvgIpc) is 2.92. The number of nitrogens with zero attached hydrogens (tertiary/aromatic N) is 1. The molecule has 0 aliphatic rings. The van der Waals surface area contributed by atoms with E-state index in [1.54, 1.807) is 39.0 Å². The first-order chi connectivity index (χ1) is 19.4. The van der Waals surface area contributed by atoms with Gasteiger partial charge in [0.15, 0.2) is 0 Å². The number of sulfonamides is 1. The van der Waals surface area contributed by atoms with Gasteiger partial charge in [0.05, 0.1) is 11.4 Å². The number of rotatable bonds is 6. The SMILES string of the molecule is CC(C)(C)OC(=O)NC(=NCc1ccc(-c2ccc(Cl)cc2)c(-c2ccc(Cl)cc2)c1)NS(=O)(=O)c1ccccc1. The zero-order valence-corrected chi connectivity index (χ0v) is 25.0. The van der Waals surface area contributed by atoms with Gasteiger partial charge in [0, 0.05) is 10.0 Å². The minimum Gasteiger partial charge on any atom is -0.444 e. The van der Waals surface area contributed by atoms with Crippen molar-refractivity contribution in [2.24, 2.45) is 4.99 Å². The lowest BCUT2D eigenvalue weighted by Crippen LogP contribution is -2.45. The average molecular weight is 611 g/mol. The predicted octanol–water partition coefficient (Wildman–Crippen LogP) is 7.69.